The number of benzene rings is 1. The second-order valence-electron chi connectivity index (χ2n) is 5.79. The summed E-state index contributed by atoms with van der Waals surface area (Å²) in [6.07, 6.45) is 4.31. The monoisotopic (exact) mass is 228 g/mol. The zero-order chi connectivity index (χ0) is 12.2. The Labute approximate surface area is 101 Å². The predicted octanol–water partition coefficient (Wildman–Crippen LogP) is 3.60. The normalized spacial score (nSPS) is 25.1. The average molecular weight is 228 g/mol. The smallest absolute Gasteiger partial charge is 0.168 e. The standard InChI is InChI=1S/C15H16O2/c1-15(2,3)14(16)9-4-5-10-11(8-9)13-7-6-12(10)17-13/h4-8,12-13H,1-3H3/t12-,13+/m0/s1. The SMILES string of the molecule is CC(C)(C)C(=O)c1ccc2c(c1)[C@H]1C=C[C@@H]2O1. The molecule has 2 nitrogen and oxygen atoms in total. The van der Waals surface area contributed by atoms with E-state index in [-0.39, 0.29) is 23.4 Å². The van der Waals surface area contributed by atoms with Gasteiger partial charge in [0.1, 0.15) is 12.2 Å². The zero-order valence-corrected chi connectivity index (χ0v) is 10.4. The Kier molecular flexibility index (Phi) is 2.08. The molecule has 2 aliphatic heterocycles. The Morgan fingerprint density at radius 3 is 2.41 bits per heavy atom. The molecule has 17 heavy (non-hydrogen) atoms. The fourth-order valence-electron chi connectivity index (χ4n) is 2.46. The van der Waals surface area contributed by atoms with Crippen LogP contribution in [0, 0.1) is 5.41 Å². The zero-order valence-electron chi connectivity index (χ0n) is 10.4. The lowest BCUT2D eigenvalue weighted by Crippen LogP contribution is -2.20. The Morgan fingerprint density at radius 1 is 1.12 bits per heavy atom. The van der Waals surface area contributed by atoms with Crippen molar-refractivity contribution in [2.45, 2.75) is 33.0 Å². The summed E-state index contributed by atoms with van der Waals surface area (Å²) in [5.41, 5.74) is 2.83. The van der Waals surface area contributed by atoms with Gasteiger partial charge in [-0.05, 0) is 17.2 Å². The van der Waals surface area contributed by atoms with Crippen molar-refractivity contribution in [3.63, 3.8) is 0 Å². The van der Waals surface area contributed by atoms with Crippen LogP contribution in [0.5, 0.6) is 0 Å². The minimum atomic E-state index is -0.331. The molecule has 1 aromatic carbocycles. The van der Waals surface area contributed by atoms with Crippen molar-refractivity contribution < 1.29 is 9.53 Å². The van der Waals surface area contributed by atoms with E-state index in [1.165, 1.54) is 5.56 Å². The molecule has 0 unspecified atom stereocenters. The number of hydrogen-bond acceptors (Lipinski definition) is 2. The summed E-state index contributed by atoms with van der Waals surface area (Å²) >= 11 is 0. The summed E-state index contributed by atoms with van der Waals surface area (Å²) in [5.74, 6) is 0.187. The van der Waals surface area contributed by atoms with Gasteiger partial charge in [-0.3, -0.25) is 4.79 Å². The van der Waals surface area contributed by atoms with Crippen molar-refractivity contribution in [2.75, 3.05) is 0 Å². The number of Topliss-reactive ketones (excluding diaryl/α,β-unsaturated/α-hetero) is 1. The van der Waals surface area contributed by atoms with E-state index in [0.717, 1.165) is 11.1 Å². The lowest BCUT2D eigenvalue weighted by molar-refractivity contribution is 0.0856. The van der Waals surface area contributed by atoms with Gasteiger partial charge in [-0.25, -0.2) is 0 Å². The molecule has 0 amide bonds. The van der Waals surface area contributed by atoms with E-state index in [1.54, 1.807) is 0 Å². The quantitative estimate of drug-likeness (QED) is 0.542. The van der Waals surface area contributed by atoms with Gasteiger partial charge in [0.15, 0.2) is 5.78 Å². The highest BCUT2D eigenvalue weighted by Gasteiger charge is 2.34. The minimum Gasteiger partial charge on any atom is -0.357 e. The first-order valence-electron chi connectivity index (χ1n) is 5.99. The molecule has 0 radical (unpaired) electrons. The Bertz CT molecular complexity index is 520. The molecular formula is C15H16O2. The highest BCUT2D eigenvalue weighted by Crippen LogP contribution is 2.46. The topological polar surface area (TPSA) is 26.3 Å². The van der Waals surface area contributed by atoms with E-state index in [2.05, 4.69) is 12.2 Å². The number of hydrogen-bond donors (Lipinski definition) is 0. The fraction of sp³-hybridized carbons (Fsp3) is 0.400. The summed E-state index contributed by atoms with van der Waals surface area (Å²) in [4.78, 5) is 12.2. The number of ether oxygens (including phenoxy) is 1. The molecule has 0 aromatic heterocycles. The maximum atomic E-state index is 12.2. The molecule has 2 heteroatoms. The fourth-order valence-corrected chi connectivity index (χ4v) is 2.46. The maximum absolute atomic E-state index is 12.2. The third-order valence-electron chi connectivity index (χ3n) is 3.40. The highest BCUT2D eigenvalue weighted by molar-refractivity contribution is 6.00. The van der Waals surface area contributed by atoms with Crippen molar-refractivity contribution in [1.29, 1.82) is 0 Å². The molecule has 88 valence electrons. The third kappa shape index (κ3) is 1.55. The molecule has 2 atom stereocenters. The largest absolute Gasteiger partial charge is 0.357 e. The molecule has 2 aliphatic rings. The molecule has 2 bridgehead atoms. The second-order valence-corrected chi connectivity index (χ2v) is 5.79. The third-order valence-corrected chi connectivity index (χ3v) is 3.40. The Balaban J connectivity index is 2.02. The summed E-state index contributed by atoms with van der Waals surface area (Å²) in [6, 6.07) is 5.95. The first-order chi connectivity index (χ1) is 7.97. The van der Waals surface area contributed by atoms with E-state index in [4.69, 9.17) is 4.74 Å². The second kappa shape index (κ2) is 3.30. The summed E-state index contributed by atoms with van der Waals surface area (Å²) in [7, 11) is 0. The van der Waals surface area contributed by atoms with Crippen LogP contribution in [0.2, 0.25) is 0 Å². The number of carbonyl (C=O) groups is 1. The molecule has 3 rings (SSSR count). The van der Waals surface area contributed by atoms with Gasteiger partial charge in [-0.1, -0.05) is 45.1 Å². The molecule has 0 spiro atoms. The van der Waals surface area contributed by atoms with Gasteiger partial charge in [0.2, 0.25) is 0 Å². The van der Waals surface area contributed by atoms with Crippen LogP contribution in [0.1, 0.15) is 54.5 Å². The van der Waals surface area contributed by atoms with Crippen LogP contribution in [-0.2, 0) is 4.74 Å². The van der Waals surface area contributed by atoms with E-state index in [1.807, 2.05) is 39.0 Å². The van der Waals surface area contributed by atoms with Crippen LogP contribution in [-0.4, -0.2) is 5.78 Å². The summed E-state index contributed by atoms with van der Waals surface area (Å²) in [5, 5.41) is 0. The molecular weight excluding hydrogens is 212 g/mol. The van der Waals surface area contributed by atoms with Gasteiger partial charge in [-0.15, -0.1) is 0 Å². The minimum absolute atomic E-state index is 0.0581. The number of fused-ring (bicyclic) bond motifs is 5. The Hall–Kier alpha value is -1.41. The van der Waals surface area contributed by atoms with E-state index >= 15 is 0 Å². The lowest BCUT2D eigenvalue weighted by atomic mass is 9.84. The number of carbonyl (C=O) groups excluding carboxylic acids is 1. The van der Waals surface area contributed by atoms with Crippen molar-refractivity contribution >= 4 is 5.78 Å². The van der Waals surface area contributed by atoms with Gasteiger partial charge in [-0.2, -0.15) is 0 Å². The number of ketones is 1. The first-order valence-corrected chi connectivity index (χ1v) is 5.99. The molecule has 0 saturated heterocycles. The predicted molar refractivity (Wildman–Crippen MR) is 65.9 cm³/mol. The molecule has 1 aromatic rings. The summed E-state index contributed by atoms with van der Waals surface area (Å²) < 4.78 is 5.74. The van der Waals surface area contributed by atoms with Gasteiger partial charge in [0.05, 0.1) is 0 Å². The van der Waals surface area contributed by atoms with Crippen LogP contribution in [0.15, 0.2) is 30.4 Å². The van der Waals surface area contributed by atoms with Crippen molar-refractivity contribution in [3.8, 4) is 0 Å². The highest BCUT2D eigenvalue weighted by atomic mass is 16.5. The van der Waals surface area contributed by atoms with Crippen LogP contribution in [0.3, 0.4) is 0 Å². The van der Waals surface area contributed by atoms with Crippen molar-refractivity contribution in [1.82, 2.24) is 0 Å². The summed E-state index contributed by atoms with van der Waals surface area (Å²) in [6.45, 7) is 5.85. The first kappa shape index (κ1) is 10.7. The molecule has 0 aliphatic carbocycles. The van der Waals surface area contributed by atoms with Gasteiger partial charge < -0.3 is 4.74 Å². The Morgan fingerprint density at radius 2 is 1.76 bits per heavy atom. The lowest BCUT2D eigenvalue weighted by Gasteiger charge is -2.18. The van der Waals surface area contributed by atoms with E-state index in [0.29, 0.717) is 0 Å². The van der Waals surface area contributed by atoms with Gasteiger partial charge in [0, 0.05) is 11.0 Å². The average Bonchev–Trinajstić information content (AvgIpc) is 2.87. The van der Waals surface area contributed by atoms with Crippen molar-refractivity contribution in [2.24, 2.45) is 5.41 Å². The van der Waals surface area contributed by atoms with Crippen LogP contribution in [0.4, 0.5) is 0 Å². The molecule has 2 heterocycles. The van der Waals surface area contributed by atoms with Gasteiger partial charge in [0.25, 0.3) is 0 Å². The van der Waals surface area contributed by atoms with Crippen molar-refractivity contribution in [3.05, 3.63) is 47.0 Å². The molecule has 0 saturated carbocycles. The molecule has 0 N–H and O–H groups in total. The van der Waals surface area contributed by atoms with Crippen LogP contribution >= 0.6 is 0 Å². The maximum Gasteiger partial charge on any atom is 0.168 e. The van der Waals surface area contributed by atoms with Crippen LogP contribution < -0.4 is 0 Å². The number of rotatable bonds is 1. The molecule has 0 fully saturated rings. The van der Waals surface area contributed by atoms with Crippen LogP contribution in [0.25, 0.3) is 0 Å². The van der Waals surface area contributed by atoms with E-state index < -0.39 is 0 Å². The van der Waals surface area contributed by atoms with Gasteiger partial charge >= 0.3 is 0 Å². The van der Waals surface area contributed by atoms with E-state index in [9.17, 15) is 4.79 Å².